The van der Waals surface area contributed by atoms with E-state index in [1.807, 2.05) is 30.3 Å². The smallest absolute Gasteiger partial charge is 0.264 e. The number of sulfonamides is 1. The highest BCUT2D eigenvalue weighted by Crippen LogP contribution is 2.30. The lowest BCUT2D eigenvalue weighted by Gasteiger charge is -2.35. The Kier molecular flexibility index (Phi) is 12.0. The quantitative estimate of drug-likeness (QED) is 0.160. The highest BCUT2D eigenvalue weighted by atomic mass is 35.5. The zero-order valence-electron chi connectivity index (χ0n) is 26.0. The predicted molar refractivity (Wildman–Crippen MR) is 188 cm³/mol. The van der Waals surface area contributed by atoms with Crippen molar-refractivity contribution >= 4 is 62.3 Å². The topological polar surface area (TPSA) is 86.8 Å². The van der Waals surface area contributed by atoms with Crippen molar-refractivity contribution in [2.75, 3.05) is 10.8 Å². The molecular formula is C36H35Cl3FN3O4S. The van der Waals surface area contributed by atoms with Crippen molar-refractivity contribution in [2.45, 2.75) is 62.0 Å². The van der Waals surface area contributed by atoms with Crippen molar-refractivity contribution < 1.29 is 22.4 Å². The maximum atomic E-state index is 14.6. The summed E-state index contributed by atoms with van der Waals surface area (Å²) in [5.41, 5.74) is 1.30. The van der Waals surface area contributed by atoms with Crippen LogP contribution < -0.4 is 9.62 Å². The van der Waals surface area contributed by atoms with Crippen molar-refractivity contribution in [1.82, 2.24) is 10.2 Å². The summed E-state index contributed by atoms with van der Waals surface area (Å²) >= 11 is 18.9. The van der Waals surface area contributed by atoms with Crippen LogP contribution in [0.4, 0.5) is 10.1 Å². The molecule has 1 aliphatic carbocycles. The summed E-state index contributed by atoms with van der Waals surface area (Å²) in [6.45, 7) is -0.833. The number of hydrogen-bond donors (Lipinski definition) is 1. The second-order valence-corrected chi connectivity index (χ2v) is 14.8. The average molecular weight is 731 g/mol. The van der Waals surface area contributed by atoms with Gasteiger partial charge >= 0.3 is 0 Å². The van der Waals surface area contributed by atoms with Crippen LogP contribution in [0.15, 0.2) is 102 Å². The first-order chi connectivity index (χ1) is 23.0. The van der Waals surface area contributed by atoms with Gasteiger partial charge in [0.05, 0.1) is 15.6 Å². The number of amides is 2. The van der Waals surface area contributed by atoms with E-state index in [0.717, 1.165) is 54.1 Å². The number of carbonyl (C=O) groups excluding carboxylic acids is 2. The highest BCUT2D eigenvalue weighted by molar-refractivity contribution is 7.92. The molecular weight excluding hydrogens is 696 g/mol. The Morgan fingerprint density at radius 2 is 1.50 bits per heavy atom. The summed E-state index contributed by atoms with van der Waals surface area (Å²) in [5.74, 6) is -1.78. The molecule has 0 saturated heterocycles. The fourth-order valence-electron chi connectivity index (χ4n) is 5.82. The largest absolute Gasteiger partial charge is 0.352 e. The number of rotatable bonds is 12. The van der Waals surface area contributed by atoms with E-state index in [4.69, 9.17) is 34.8 Å². The molecule has 0 aliphatic heterocycles. The van der Waals surface area contributed by atoms with E-state index in [1.54, 1.807) is 36.4 Å². The Hall–Kier alpha value is -3.63. The summed E-state index contributed by atoms with van der Waals surface area (Å²) < 4.78 is 43.3. The molecule has 1 fully saturated rings. The van der Waals surface area contributed by atoms with Crippen LogP contribution in [0.25, 0.3) is 0 Å². The molecule has 4 aromatic rings. The Bertz CT molecular complexity index is 1840. The molecule has 1 atom stereocenters. The van der Waals surface area contributed by atoms with Gasteiger partial charge in [0.25, 0.3) is 10.0 Å². The minimum absolute atomic E-state index is 0.0191. The van der Waals surface area contributed by atoms with Gasteiger partial charge in [0.15, 0.2) is 0 Å². The number of halogens is 4. The van der Waals surface area contributed by atoms with E-state index in [9.17, 15) is 22.4 Å². The molecule has 7 nitrogen and oxygen atoms in total. The molecule has 0 radical (unpaired) electrons. The van der Waals surface area contributed by atoms with Crippen LogP contribution in [-0.2, 0) is 32.6 Å². The minimum Gasteiger partial charge on any atom is -0.352 e. The van der Waals surface area contributed by atoms with Crippen LogP contribution in [0, 0.1) is 5.82 Å². The first-order valence-corrected chi connectivity index (χ1v) is 18.2. The third kappa shape index (κ3) is 8.88. The first-order valence-electron chi connectivity index (χ1n) is 15.6. The second kappa shape index (κ2) is 16.2. The zero-order chi connectivity index (χ0) is 34.3. The van der Waals surface area contributed by atoms with E-state index < -0.39 is 34.3 Å². The molecule has 0 heterocycles. The molecule has 12 heteroatoms. The third-order valence-corrected chi connectivity index (χ3v) is 11.0. The van der Waals surface area contributed by atoms with Crippen molar-refractivity contribution in [3.05, 3.63) is 129 Å². The van der Waals surface area contributed by atoms with Gasteiger partial charge in [-0.25, -0.2) is 12.8 Å². The fraction of sp³-hybridized carbons (Fsp3) is 0.278. The molecule has 0 aromatic heterocycles. The monoisotopic (exact) mass is 729 g/mol. The molecule has 252 valence electrons. The van der Waals surface area contributed by atoms with Crippen molar-refractivity contribution in [3.8, 4) is 0 Å². The van der Waals surface area contributed by atoms with Crippen LogP contribution in [0.5, 0.6) is 0 Å². The van der Waals surface area contributed by atoms with E-state index in [-0.39, 0.29) is 45.5 Å². The Balaban J connectivity index is 1.59. The number of nitrogens with one attached hydrogen (secondary N) is 1. The van der Waals surface area contributed by atoms with Crippen molar-refractivity contribution in [1.29, 1.82) is 0 Å². The van der Waals surface area contributed by atoms with Crippen LogP contribution in [0.1, 0.15) is 43.2 Å². The number of benzene rings is 4. The van der Waals surface area contributed by atoms with E-state index in [0.29, 0.717) is 10.6 Å². The van der Waals surface area contributed by atoms with Crippen molar-refractivity contribution in [3.63, 3.8) is 0 Å². The summed E-state index contributed by atoms with van der Waals surface area (Å²) in [7, 11) is -4.37. The standard InChI is InChI=1S/C36H35Cl3FN3O4S/c37-27-17-16-26(31(38)21-27)23-42(34(20-25-10-4-1-5-11-25)36(45)41-28-12-6-2-7-13-28)35(44)24-43(29-18-19-33(40)32(39)22-29)48(46,47)30-14-8-3-9-15-30/h1,3-5,8-11,14-19,21-22,28,34H,2,6-7,12-13,20,23-24H2,(H,41,45). The molecule has 5 rings (SSSR count). The predicted octanol–water partition coefficient (Wildman–Crippen LogP) is 8.07. The van der Waals surface area contributed by atoms with E-state index in [1.165, 1.54) is 23.1 Å². The molecule has 0 bridgehead atoms. The SMILES string of the molecule is O=C(NC1CCCCC1)C(Cc1ccccc1)N(Cc1ccc(Cl)cc1Cl)C(=O)CN(c1ccc(F)c(Cl)c1)S(=O)(=O)c1ccccc1. The van der Waals surface area contributed by atoms with Gasteiger partial charge in [-0.05, 0) is 66.4 Å². The van der Waals surface area contributed by atoms with Gasteiger partial charge in [0.2, 0.25) is 11.8 Å². The molecule has 48 heavy (non-hydrogen) atoms. The molecule has 1 saturated carbocycles. The van der Waals surface area contributed by atoms with E-state index >= 15 is 0 Å². The van der Waals surface area contributed by atoms with Crippen LogP contribution in [0.3, 0.4) is 0 Å². The number of anilines is 1. The number of carbonyl (C=O) groups is 2. The van der Waals surface area contributed by atoms with Crippen molar-refractivity contribution in [2.24, 2.45) is 0 Å². The molecule has 4 aromatic carbocycles. The molecule has 0 spiro atoms. The van der Waals surface area contributed by atoms with Crippen LogP contribution in [0.2, 0.25) is 15.1 Å². The minimum atomic E-state index is -4.37. The summed E-state index contributed by atoms with van der Waals surface area (Å²) in [6.07, 6.45) is 4.89. The molecule has 1 unspecified atom stereocenters. The number of nitrogens with zero attached hydrogens (tertiary/aromatic N) is 2. The molecule has 1 aliphatic rings. The lowest BCUT2D eigenvalue weighted by molar-refractivity contribution is -0.140. The number of hydrogen-bond acceptors (Lipinski definition) is 4. The van der Waals surface area contributed by atoms with Gasteiger partial charge in [0, 0.05) is 29.1 Å². The molecule has 1 N–H and O–H groups in total. The Morgan fingerprint density at radius 1 is 0.833 bits per heavy atom. The van der Waals surface area contributed by atoms with Crippen LogP contribution >= 0.6 is 34.8 Å². The third-order valence-electron chi connectivity index (χ3n) is 8.38. The Morgan fingerprint density at radius 3 is 2.15 bits per heavy atom. The highest BCUT2D eigenvalue weighted by Gasteiger charge is 2.36. The Labute approximate surface area is 295 Å². The van der Waals surface area contributed by atoms with Gasteiger partial charge in [-0.3, -0.25) is 13.9 Å². The maximum absolute atomic E-state index is 14.6. The van der Waals surface area contributed by atoms with Crippen LogP contribution in [-0.4, -0.2) is 43.8 Å². The normalized spacial score (nSPS) is 14.2. The average Bonchev–Trinajstić information content (AvgIpc) is 3.08. The van der Waals surface area contributed by atoms with Gasteiger partial charge in [-0.1, -0.05) is 109 Å². The van der Waals surface area contributed by atoms with Gasteiger partial charge in [-0.2, -0.15) is 0 Å². The zero-order valence-corrected chi connectivity index (χ0v) is 29.1. The van der Waals surface area contributed by atoms with E-state index in [2.05, 4.69) is 5.32 Å². The van der Waals surface area contributed by atoms with Gasteiger partial charge in [-0.15, -0.1) is 0 Å². The van der Waals surface area contributed by atoms with Gasteiger partial charge in [0.1, 0.15) is 18.4 Å². The lowest BCUT2D eigenvalue weighted by Crippen LogP contribution is -2.55. The van der Waals surface area contributed by atoms with Gasteiger partial charge < -0.3 is 10.2 Å². The fourth-order valence-corrected chi connectivity index (χ4v) is 7.89. The molecule has 2 amide bonds. The maximum Gasteiger partial charge on any atom is 0.264 e. The first kappa shape index (κ1) is 35.7. The lowest BCUT2D eigenvalue weighted by atomic mass is 9.94. The second-order valence-electron chi connectivity index (χ2n) is 11.7. The summed E-state index contributed by atoms with van der Waals surface area (Å²) in [4.78, 5) is 30.1. The summed E-state index contributed by atoms with van der Waals surface area (Å²) in [5, 5.41) is 3.53. The summed E-state index contributed by atoms with van der Waals surface area (Å²) in [6, 6.07) is 24.1.